The van der Waals surface area contributed by atoms with E-state index in [1.165, 1.54) is 12.1 Å². The van der Waals surface area contributed by atoms with Gasteiger partial charge in [0.15, 0.2) is 5.57 Å². The Morgan fingerprint density at radius 3 is 2.20 bits per heavy atom. The zero-order valence-corrected chi connectivity index (χ0v) is 11.1. The molecule has 20 heavy (non-hydrogen) atoms. The third kappa shape index (κ3) is 3.33. The molecule has 0 spiro atoms. The molecule has 1 aromatic rings. The number of anilines is 1. The molecule has 8 heteroatoms. The maximum atomic E-state index is 11.0. The number of nitriles is 3. The van der Waals surface area contributed by atoms with Gasteiger partial charge < -0.3 is 5.32 Å². The minimum atomic E-state index is -4.31. The van der Waals surface area contributed by atoms with Gasteiger partial charge in [0.05, 0.1) is 4.90 Å². The van der Waals surface area contributed by atoms with E-state index in [1.807, 2.05) is 0 Å². The van der Waals surface area contributed by atoms with Crippen molar-refractivity contribution in [3.8, 4) is 18.2 Å². The Balaban J connectivity index is 3.27. The molecule has 2 N–H and O–H groups in total. The number of hydrogen-bond acceptors (Lipinski definition) is 6. The predicted octanol–water partition coefficient (Wildman–Crippen LogP) is 1.48. The maximum Gasteiger partial charge on any atom is 0.294 e. The summed E-state index contributed by atoms with van der Waals surface area (Å²) in [6.07, 6.45) is 0. The van der Waals surface area contributed by atoms with Crippen LogP contribution in [0.2, 0.25) is 0 Å². The Morgan fingerprint density at radius 1 is 1.20 bits per heavy atom. The first-order valence-electron chi connectivity index (χ1n) is 5.13. The molecule has 7 nitrogen and oxygen atoms in total. The van der Waals surface area contributed by atoms with Crippen LogP contribution in [-0.4, -0.2) is 13.0 Å². The summed E-state index contributed by atoms with van der Waals surface area (Å²) in [6, 6.07) is 8.49. The average molecular weight is 288 g/mol. The molecule has 0 aromatic heterocycles. The van der Waals surface area contributed by atoms with Gasteiger partial charge in [-0.1, -0.05) is 0 Å². The van der Waals surface area contributed by atoms with Gasteiger partial charge in [-0.2, -0.15) is 24.2 Å². The fourth-order valence-corrected chi connectivity index (χ4v) is 1.92. The van der Waals surface area contributed by atoms with Crippen molar-refractivity contribution in [2.24, 2.45) is 0 Å². The summed E-state index contributed by atoms with van der Waals surface area (Å²) in [5.74, 6) is 0. The number of nitrogens with zero attached hydrogens (tertiary/aromatic N) is 3. The van der Waals surface area contributed by atoms with Gasteiger partial charge in [0.25, 0.3) is 10.1 Å². The molecule has 100 valence electrons. The number of rotatable bonds is 3. The van der Waals surface area contributed by atoms with Crippen LogP contribution in [-0.2, 0) is 10.1 Å². The zero-order chi connectivity index (χ0) is 15.3. The first-order chi connectivity index (χ1) is 9.33. The Labute approximate surface area is 115 Å². The second kappa shape index (κ2) is 5.85. The average Bonchev–Trinajstić information content (AvgIpc) is 2.39. The summed E-state index contributed by atoms with van der Waals surface area (Å²) in [4.78, 5) is -0.288. The van der Waals surface area contributed by atoms with Crippen molar-refractivity contribution in [3.05, 3.63) is 35.0 Å². The predicted molar refractivity (Wildman–Crippen MR) is 68.5 cm³/mol. The lowest BCUT2D eigenvalue weighted by Crippen LogP contribution is -2.04. The summed E-state index contributed by atoms with van der Waals surface area (Å²) in [7, 11) is -4.31. The normalized spacial score (nSPS) is 9.75. The fourth-order valence-electron chi connectivity index (χ4n) is 1.35. The van der Waals surface area contributed by atoms with Crippen molar-refractivity contribution in [2.75, 3.05) is 5.32 Å². The number of allylic oxidation sites excluding steroid dienone is 2. The standard InChI is InChI=1S/C12H8N4O3S/c1-8-4-10(20(17,18)19)2-3-11(8)16-12(7-15)9(5-13)6-14/h2-4,16H,1H3,(H,17,18,19). The minimum absolute atomic E-state index is 0.238. The number of benzene rings is 1. The molecule has 0 heterocycles. The molecule has 0 aliphatic carbocycles. The Kier molecular flexibility index (Phi) is 4.45. The Bertz CT molecular complexity index is 789. The maximum absolute atomic E-state index is 11.0. The van der Waals surface area contributed by atoms with E-state index < -0.39 is 10.1 Å². The van der Waals surface area contributed by atoms with Crippen LogP contribution < -0.4 is 5.32 Å². The van der Waals surface area contributed by atoms with Crippen molar-refractivity contribution in [1.82, 2.24) is 0 Å². The summed E-state index contributed by atoms with van der Waals surface area (Å²) in [5.41, 5.74) is 0.142. The molecule has 0 fully saturated rings. The van der Waals surface area contributed by atoms with Crippen molar-refractivity contribution in [1.29, 1.82) is 15.8 Å². The van der Waals surface area contributed by atoms with Crippen LogP contribution in [0.25, 0.3) is 0 Å². The van der Waals surface area contributed by atoms with Gasteiger partial charge in [-0.25, -0.2) is 0 Å². The third-order valence-electron chi connectivity index (χ3n) is 2.34. The molecule has 0 amide bonds. The van der Waals surface area contributed by atoms with E-state index in [-0.39, 0.29) is 16.2 Å². The molecule has 0 aliphatic rings. The summed E-state index contributed by atoms with van der Waals surface area (Å²) in [5, 5.41) is 28.8. The van der Waals surface area contributed by atoms with Crippen LogP contribution in [0.3, 0.4) is 0 Å². The van der Waals surface area contributed by atoms with Crippen LogP contribution in [0.1, 0.15) is 5.56 Å². The van der Waals surface area contributed by atoms with Crippen molar-refractivity contribution in [2.45, 2.75) is 11.8 Å². The quantitative estimate of drug-likeness (QED) is 0.634. The first kappa shape index (κ1) is 15.2. The van der Waals surface area contributed by atoms with E-state index >= 15 is 0 Å². The topological polar surface area (TPSA) is 138 Å². The molecule has 0 aliphatic heterocycles. The van der Waals surface area contributed by atoms with Crippen molar-refractivity contribution < 1.29 is 13.0 Å². The Hall–Kier alpha value is -2.86. The molecular formula is C12H8N4O3S. The summed E-state index contributed by atoms with van der Waals surface area (Å²) in [6.45, 7) is 1.55. The van der Waals surface area contributed by atoms with Gasteiger partial charge >= 0.3 is 0 Å². The van der Waals surface area contributed by atoms with Crippen LogP contribution >= 0.6 is 0 Å². The second-order valence-electron chi connectivity index (χ2n) is 3.66. The third-order valence-corrected chi connectivity index (χ3v) is 3.19. The van der Waals surface area contributed by atoms with E-state index in [4.69, 9.17) is 20.3 Å². The van der Waals surface area contributed by atoms with E-state index in [2.05, 4.69) is 5.32 Å². The SMILES string of the molecule is Cc1cc(S(=O)(=O)O)ccc1NC(C#N)=C(C#N)C#N. The minimum Gasteiger partial charge on any atom is -0.345 e. The molecule has 1 rings (SSSR count). The van der Waals surface area contributed by atoms with Gasteiger partial charge in [-0.05, 0) is 30.7 Å². The van der Waals surface area contributed by atoms with Gasteiger partial charge in [0.2, 0.25) is 0 Å². The monoisotopic (exact) mass is 288 g/mol. The molecular weight excluding hydrogens is 280 g/mol. The Morgan fingerprint density at radius 2 is 1.80 bits per heavy atom. The van der Waals surface area contributed by atoms with Gasteiger partial charge in [-0.15, -0.1) is 0 Å². The lowest BCUT2D eigenvalue weighted by atomic mass is 10.2. The number of nitrogens with one attached hydrogen (secondary N) is 1. The molecule has 0 radical (unpaired) electrons. The molecule has 0 unspecified atom stereocenters. The lowest BCUT2D eigenvalue weighted by Gasteiger charge is -2.09. The first-order valence-corrected chi connectivity index (χ1v) is 6.57. The van der Waals surface area contributed by atoms with Crippen LogP contribution in [0.4, 0.5) is 5.69 Å². The highest BCUT2D eigenvalue weighted by Crippen LogP contribution is 2.21. The van der Waals surface area contributed by atoms with Crippen molar-refractivity contribution in [3.63, 3.8) is 0 Å². The smallest absolute Gasteiger partial charge is 0.294 e. The largest absolute Gasteiger partial charge is 0.345 e. The van der Waals surface area contributed by atoms with Crippen LogP contribution in [0, 0.1) is 40.9 Å². The number of hydrogen-bond donors (Lipinski definition) is 2. The molecule has 0 saturated heterocycles. The van der Waals surface area contributed by atoms with Crippen LogP contribution in [0.15, 0.2) is 34.4 Å². The molecule has 0 atom stereocenters. The highest BCUT2D eigenvalue weighted by molar-refractivity contribution is 7.85. The van der Waals surface area contributed by atoms with E-state index in [0.717, 1.165) is 6.07 Å². The van der Waals surface area contributed by atoms with Gasteiger partial charge in [0.1, 0.15) is 23.9 Å². The van der Waals surface area contributed by atoms with E-state index in [1.54, 1.807) is 25.1 Å². The van der Waals surface area contributed by atoms with Crippen LogP contribution in [0.5, 0.6) is 0 Å². The van der Waals surface area contributed by atoms with Gasteiger partial charge in [0, 0.05) is 5.69 Å². The molecule has 0 saturated carbocycles. The molecule has 0 bridgehead atoms. The lowest BCUT2D eigenvalue weighted by molar-refractivity contribution is 0.483. The summed E-state index contributed by atoms with van der Waals surface area (Å²) >= 11 is 0. The zero-order valence-electron chi connectivity index (χ0n) is 10.2. The second-order valence-corrected chi connectivity index (χ2v) is 5.08. The number of aryl methyl sites for hydroxylation is 1. The van der Waals surface area contributed by atoms with Gasteiger partial charge in [-0.3, -0.25) is 4.55 Å². The highest BCUT2D eigenvalue weighted by Gasteiger charge is 2.12. The fraction of sp³-hybridized carbons (Fsp3) is 0.0833. The van der Waals surface area contributed by atoms with E-state index in [9.17, 15) is 8.42 Å². The molecule has 1 aromatic carbocycles. The highest BCUT2D eigenvalue weighted by atomic mass is 32.2. The van der Waals surface area contributed by atoms with Crippen molar-refractivity contribution >= 4 is 15.8 Å². The summed E-state index contributed by atoms with van der Waals surface area (Å²) < 4.78 is 30.8. The van der Waals surface area contributed by atoms with E-state index in [0.29, 0.717) is 11.3 Å².